The summed E-state index contributed by atoms with van der Waals surface area (Å²) >= 11 is 1.42. The lowest BCUT2D eigenvalue weighted by atomic mass is 9.83. The SMILES string of the molecule is Cc1cc(F)ccc1NC(=O)CSc1ccc2c3c(cccc13)C(=O)c1ccccc1-2. The molecule has 0 spiro atoms. The number of thioether (sulfide) groups is 1. The number of benzene rings is 4. The van der Waals surface area contributed by atoms with Crippen LogP contribution in [0.1, 0.15) is 21.5 Å². The summed E-state index contributed by atoms with van der Waals surface area (Å²) in [5.74, 6) is -0.258. The van der Waals surface area contributed by atoms with Gasteiger partial charge in [0.25, 0.3) is 0 Å². The van der Waals surface area contributed by atoms with E-state index < -0.39 is 0 Å². The highest BCUT2D eigenvalue weighted by atomic mass is 32.2. The Hall–Kier alpha value is -3.44. The molecular formula is C26H18FNO2S. The van der Waals surface area contributed by atoms with Crippen LogP contribution in [0.5, 0.6) is 0 Å². The summed E-state index contributed by atoms with van der Waals surface area (Å²) in [7, 11) is 0. The minimum atomic E-state index is -0.329. The number of fused-ring (bicyclic) bond motifs is 2. The second-order valence-corrected chi connectivity index (χ2v) is 8.53. The summed E-state index contributed by atoms with van der Waals surface area (Å²) in [4.78, 5) is 26.5. The summed E-state index contributed by atoms with van der Waals surface area (Å²) < 4.78 is 13.3. The second-order valence-electron chi connectivity index (χ2n) is 7.51. The highest BCUT2D eigenvalue weighted by Crippen LogP contribution is 2.42. The van der Waals surface area contributed by atoms with Crippen molar-refractivity contribution in [3.05, 3.63) is 95.3 Å². The number of halogens is 1. The van der Waals surface area contributed by atoms with Gasteiger partial charge in [0.15, 0.2) is 5.78 Å². The fourth-order valence-corrected chi connectivity index (χ4v) is 4.93. The predicted octanol–water partition coefficient (Wildman–Crippen LogP) is 6.23. The van der Waals surface area contributed by atoms with Crippen LogP contribution in [-0.4, -0.2) is 17.4 Å². The first-order valence-corrected chi connectivity index (χ1v) is 10.9. The van der Waals surface area contributed by atoms with Gasteiger partial charge in [-0.2, -0.15) is 0 Å². The van der Waals surface area contributed by atoms with Crippen LogP contribution in [0, 0.1) is 12.7 Å². The molecule has 1 aliphatic rings. The summed E-state index contributed by atoms with van der Waals surface area (Å²) in [5.41, 5.74) is 4.68. The van der Waals surface area contributed by atoms with Gasteiger partial charge in [0.1, 0.15) is 5.82 Å². The van der Waals surface area contributed by atoms with Crippen LogP contribution < -0.4 is 5.32 Å². The van der Waals surface area contributed by atoms with E-state index in [2.05, 4.69) is 5.32 Å². The number of ketones is 1. The van der Waals surface area contributed by atoms with Crippen LogP contribution in [0.15, 0.2) is 77.7 Å². The smallest absolute Gasteiger partial charge is 0.234 e. The van der Waals surface area contributed by atoms with Gasteiger partial charge in [0.2, 0.25) is 5.91 Å². The average molecular weight is 428 g/mol. The van der Waals surface area contributed by atoms with Crippen LogP contribution in [0.4, 0.5) is 10.1 Å². The largest absolute Gasteiger partial charge is 0.325 e. The van der Waals surface area contributed by atoms with E-state index >= 15 is 0 Å². The molecule has 0 unspecified atom stereocenters. The van der Waals surface area contributed by atoms with Crippen molar-refractivity contribution in [1.29, 1.82) is 0 Å². The van der Waals surface area contributed by atoms with Gasteiger partial charge in [-0.15, -0.1) is 11.8 Å². The fraction of sp³-hybridized carbons (Fsp3) is 0.0769. The maximum absolute atomic E-state index is 13.3. The van der Waals surface area contributed by atoms with Crippen LogP contribution >= 0.6 is 11.8 Å². The molecule has 0 saturated carbocycles. The van der Waals surface area contributed by atoms with E-state index in [9.17, 15) is 14.0 Å². The minimum absolute atomic E-state index is 0.0281. The average Bonchev–Trinajstić information content (AvgIpc) is 2.78. The van der Waals surface area contributed by atoms with Crippen molar-refractivity contribution < 1.29 is 14.0 Å². The van der Waals surface area contributed by atoms with Crippen LogP contribution in [-0.2, 0) is 4.79 Å². The first kappa shape index (κ1) is 19.5. The molecular weight excluding hydrogens is 409 g/mol. The number of amides is 1. The van der Waals surface area contributed by atoms with E-state index in [1.165, 1.54) is 23.9 Å². The molecule has 0 saturated heterocycles. The molecule has 1 amide bonds. The number of carbonyl (C=O) groups is 2. The van der Waals surface area contributed by atoms with E-state index in [1.54, 1.807) is 13.0 Å². The van der Waals surface area contributed by atoms with E-state index in [4.69, 9.17) is 0 Å². The third-order valence-corrected chi connectivity index (χ3v) is 6.60. The lowest BCUT2D eigenvalue weighted by Crippen LogP contribution is -2.15. The Kier molecular flexibility index (Phi) is 4.83. The molecule has 0 bridgehead atoms. The maximum atomic E-state index is 13.3. The first-order chi connectivity index (χ1) is 15.0. The summed E-state index contributed by atoms with van der Waals surface area (Å²) in [5, 5.41) is 4.74. The molecule has 0 aromatic heterocycles. The van der Waals surface area contributed by atoms with E-state index in [0.29, 0.717) is 16.8 Å². The fourth-order valence-electron chi connectivity index (χ4n) is 4.08. The molecule has 0 heterocycles. The van der Waals surface area contributed by atoms with Gasteiger partial charge in [-0.05, 0) is 53.3 Å². The van der Waals surface area contributed by atoms with Crippen LogP contribution in [0.25, 0.3) is 21.9 Å². The molecule has 0 aliphatic heterocycles. The van der Waals surface area contributed by atoms with Crippen LogP contribution in [0.2, 0.25) is 0 Å². The topological polar surface area (TPSA) is 46.2 Å². The molecule has 0 fully saturated rings. The number of rotatable bonds is 4. The van der Waals surface area contributed by atoms with E-state index in [1.807, 2.05) is 54.6 Å². The lowest BCUT2D eigenvalue weighted by molar-refractivity contribution is -0.113. The van der Waals surface area contributed by atoms with E-state index in [-0.39, 0.29) is 23.3 Å². The maximum Gasteiger partial charge on any atom is 0.234 e. The van der Waals surface area contributed by atoms with Gasteiger partial charge in [0.05, 0.1) is 5.75 Å². The van der Waals surface area contributed by atoms with Gasteiger partial charge in [0, 0.05) is 27.1 Å². The Morgan fingerprint density at radius 3 is 2.48 bits per heavy atom. The molecule has 152 valence electrons. The minimum Gasteiger partial charge on any atom is -0.325 e. The molecule has 0 atom stereocenters. The molecule has 0 radical (unpaired) electrons. The van der Waals surface area contributed by atoms with Gasteiger partial charge in [-0.25, -0.2) is 4.39 Å². The van der Waals surface area contributed by atoms with Gasteiger partial charge in [-0.3, -0.25) is 9.59 Å². The van der Waals surface area contributed by atoms with Crippen molar-refractivity contribution in [3.8, 4) is 11.1 Å². The quantitative estimate of drug-likeness (QED) is 0.346. The van der Waals surface area contributed by atoms with Crippen molar-refractivity contribution in [2.45, 2.75) is 11.8 Å². The number of hydrogen-bond acceptors (Lipinski definition) is 3. The first-order valence-electron chi connectivity index (χ1n) is 9.91. The lowest BCUT2D eigenvalue weighted by Gasteiger charge is -2.21. The monoisotopic (exact) mass is 427 g/mol. The molecule has 5 heteroatoms. The number of hydrogen-bond donors (Lipinski definition) is 1. The third kappa shape index (κ3) is 3.41. The molecule has 1 N–H and O–H groups in total. The van der Waals surface area contributed by atoms with E-state index in [0.717, 1.165) is 32.4 Å². The second kappa shape index (κ2) is 7.67. The zero-order valence-electron chi connectivity index (χ0n) is 16.7. The Bertz CT molecular complexity index is 1380. The van der Waals surface area contributed by atoms with Crippen molar-refractivity contribution in [2.24, 2.45) is 0 Å². The summed E-state index contributed by atoms with van der Waals surface area (Å²) in [6.45, 7) is 1.76. The summed E-state index contributed by atoms with van der Waals surface area (Å²) in [6.07, 6.45) is 0. The van der Waals surface area contributed by atoms with Crippen LogP contribution in [0.3, 0.4) is 0 Å². The zero-order valence-corrected chi connectivity index (χ0v) is 17.6. The Balaban J connectivity index is 1.45. The highest BCUT2D eigenvalue weighted by Gasteiger charge is 2.25. The normalized spacial score (nSPS) is 12.0. The standard InChI is InChI=1S/C26H18FNO2S/c1-15-13-16(27)9-11-22(15)28-24(29)14-31-23-12-10-18-17-5-2-3-6-19(17)26(30)21-8-4-7-20(23)25(18)21/h2-13H,14H2,1H3,(H,28,29). The van der Waals surface area contributed by atoms with Gasteiger partial charge >= 0.3 is 0 Å². The number of anilines is 1. The van der Waals surface area contributed by atoms with Gasteiger partial charge < -0.3 is 5.32 Å². The van der Waals surface area contributed by atoms with Gasteiger partial charge in [-0.1, -0.05) is 48.5 Å². The molecule has 5 rings (SSSR count). The third-order valence-electron chi connectivity index (χ3n) is 5.53. The van der Waals surface area contributed by atoms with Crippen molar-refractivity contribution in [2.75, 3.05) is 11.1 Å². The summed E-state index contributed by atoms with van der Waals surface area (Å²) in [6, 6.07) is 21.7. The van der Waals surface area contributed by atoms with Crippen molar-refractivity contribution >= 4 is 39.9 Å². The zero-order chi connectivity index (χ0) is 21.5. The van der Waals surface area contributed by atoms with Crippen molar-refractivity contribution in [1.82, 2.24) is 0 Å². The van der Waals surface area contributed by atoms with Crippen molar-refractivity contribution in [3.63, 3.8) is 0 Å². The molecule has 1 aliphatic carbocycles. The predicted molar refractivity (Wildman–Crippen MR) is 123 cm³/mol. The Morgan fingerprint density at radius 1 is 0.903 bits per heavy atom. The number of aryl methyl sites for hydroxylation is 1. The molecule has 3 nitrogen and oxygen atoms in total. The Labute approximate surface area is 183 Å². The number of carbonyl (C=O) groups excluding carboxylic acids is 2. The molecule has 4 aromatic rings. The highest BCUT2D eigenvalue weighted by molar-refractivity contribution is 8.00. The molecule has 4 aromatic carbocycles. The number of nitrogens with one attached hydrogen (secondary N) is 1. The Morgan fingerprint density at radius 2 is 1.68 bits per heavy atom. The molecule has 31 heavy (non-hydrogen) atoms.